The van der Waals surface area contributed by atoms with Gasteiger partial charge >= 0.3 is 0 Å². The molecule has 6 heteroatoms. The van der Waals surface area contributed by atoms with E-state index in [1.807, 2.05) is 23.1 Å². The smallest absolute Gasteiger partial charge is 0.230 e. The topological polar surface area (TPSA) is 42.0 Å². The third-order valence-corrected chi connectivity index (χ3v) is 6.45. The molecule has 0 spiro atoms. The maximum Gasteiger partial charge on any atom is 0.230 e. The maximum absolute atomic E-state index is 13.5. The molecule has 1 aromatic heterocycles. The Morgan fingerprint density at radius 2 is 1.97 bits per heavy atom. The van der Waals surface area contributed by atoms with Crippen LogP contribution in [0.4, 0.5) is 5.69 Å². The van der Waals surface area contributed by atoms with Gasteiger partial charge < -0.3 is 14.4 Å². The van der Waals surface area contributed by atoms with Crippen molar-refractivity contribution >= 4 is 22.9 Å². The lowest BCUT2D eigenvalue weighted by atomic mass is 9.95. The van der Waals surface area contributed by atoms with E-state index in [9.17, 15) is 4.79 Å². The summed E-state index contributed by atoms with van der Waals surface area (Å²) in [5.74, 6) is 4.33. The van der Waals surface area contributed by atoms with Gasteiger partial charge in [0.15, 0.2) is 11.5 Å². The van der Waals surface area contributed by atoms with Crippen molar-refractivity contribution in [1.29, 1.82) is 0 Å². The van der Waals surface area contributed by atoms with Crippen LogP contribution >= 0.6 is 11.3 Å². The summed E-state index contributed by atoms with van der Waals surface area (Å²) in [4.78, 5) is 20.1. The first-order valence-corrected chi connectivity index (χ1v) is 10.9. The van der Waals surface area contributed by atoms with Gasteiger partial charge in [0.05, 0.1) is 13.1 Å². The number of terminal acetylenes is 1. The number of benzene rings is 1. The Hall–Kier alpha value is -2.49. The summed E-state index contributed by atoms with van der Waals surface area (Å²) in [5, 5.41) is 0. The first-order valence-electron chi connectivity index (χ1n) is 10.1. The zero-order valence-corrected chi connectivity index (χ0v) is 17.5. The molecule has 0 radical (unpaired) electrons. The van der Waals surface area contributed by atoms with E-state index in [1.54, 1.807) is 11.3 Å². The van der Waals surface area contributed by atoms with Gasteiger partial charge in [0.1, 0.15) is 13.2 Å². The number of rotatable bonds is 5. The molecule has 152 valence electrons. The molecular formula is C23H26N2O3S. The summed E-state index contributed by atoms with van der Waals surface area (Å²) in [7, 11) is 0. The number of hydrogen-bond acceptors (Lipinski definition) is 5. The predicted octanol–water partition coefficient (Wildman–Crippen LogP) is 3.71. The van der Waals surface area contributed by atoms with Crippen molar-refractivity contribution in [2.24, 2.45) is 5.92 Å². The zero-order chi connectivity index (χ0) is 20.2. The number of ether oxygens (including phenoxy) is 2. The molecule has 5 nitrogen and oxygen atoms in total. The summed E-state index contributed by atoms with van der Waals surface area (Å²) in [6.45, 7) is 6.14. The normalized spacial score (nSPS) is 17.0. The van der Waals surface area contributed by atoms with E-state index in [0.29, 0.717) is 32.1 Å². The molecule has 0 unspecified atom stereocenters. The average molecular weight is 411 g/mol. The fourth-order valence-corrected chi connectivity index (χ4v) is 4.79. The van der Waals surface area contributed by atoms with Crippen LogP contribution < -0.4 is 14.4 Å². The van der Waals surface area contributed by atoms with Gasteiger partial charge in [-0.25, -0.2) is 0 Å². The molecule has 0 aliphatic carbocycles. The minimum atomic E-state index is 0.0123. The van der Waals surface area contributed by atoms with Crippen molar-refractivity contribution in [3.8, 4) is 23.8 Å². The lowest BCUT2D eigenvalue weighted by Crippen LogP contribution is -2.42. The SMILES string of the molecule is C#CCN1CCC(C(=O)N(Cc2ccc(C)s2)c2ccc3c(c2)OCCO3)CC1. The van der Waals surface area contributed by atoms with Crippen molar-refractivity contribution in [2.75, 3.05) is 37.7 Å². The van der Waals surface area contributed by atoms with E-state index in [0.717, 1.165) is 37.4 Å². The highest BCUT2D eigenvalue weighted by atomic mass is 32.1. The molecule has 1 saturated heterocycles. The molecule has 0 saturated carbocycles. The van der Waals surface area contributed by atoms with Gasteiger partial charge in [-0.05, 0) is 57.1 Å². The zero-order valence-electron chi connectivity index (χ0n) is 16.7. The minimum absolute atomic E-state index is 0.0123. The van der Waals surface area contributed by atoms with Gasteiger partial charge in [-0.3, -0.25) is 9.69 Å². The van der Waals surface area contributed by atoms with E-state index >= 15 is 0 Å². The molecule has 1 amide bonds. The van der Waals surface area contributed by atoms with Gasteiger partial charge in [0.2, 0.25) is 5.91 Å². The van der Waals surface area contributed by atoms with Gasteiger partial charge in [-0.1, -0.05) is 5.92 Å². The number of likely N-dealkylation sites (tertiary alicyclic amines) is 1. The third kappa shape index (κ3) is 4.58. The Kier molecular flexibility index (Phi) is 6.08. The Morgan fingerprint density at radius 1 is 1.21 bits per heavy atom. The number of fused-ring (bicyclic) bond motifs is 1. The van der Waals surface area contributed by atoms with E-state index < -0.39 is 0 Å². The number of hydrogen-bond donors (Lipinski definition) is 0. The van der Waals surface area contributed by atoms with Crippen LogP contribution in [0.25, 0.3) is 0 Å². The summed E-state index contributed by atoms with van der Waals surface area (Å²) >= 11 is 1.73. The number of thiophene rings is 1. The maximum atomic E-state index is 13.5. The Bertz CT molecular complexity index is 909. The van der Waals surface area contributed by atoms with Crippen molar-refractivity contribution < 1.29 is 14.3 Å². The lowest BCUT2D eigenvalue weighted by molar-refractivity contribution is -0.123. The number of carbonyl (C=O) groups is 1. The first-order chi connectivity index (χ1) is 14.1. The van der Waals surface area contributed by atoms with Gasteiger partial charge in [-0.15, -0.1) is 17.8 Å². The van der Waals surface area contributed by atoms with Crippen LogP contribution in [-0.2, 0) is 11.3 Å². The first kappa shape index (κ1) is 19.8. The van der Waals surface area contributed by atoms with Crippen molar-refractivity contribution in [3.05, 3.63) is 40.1 Å². The molecule has 1 aromatic carbocycles. The van der Waals surface area contributed by atoms with Crippen LogP contribution in [0.15, 0.2) is 30.3 Å². The number of amides is 1. The molecule has 2 aromatic rings. The fraction of sp³-hybridized carbons (Fsp3) is 0.435. The lowest BCUT2D eigenvalue weighted by Gasteiger charge is -2.33. The van der Waals surface area contributed by atoms with E-state index in [1.165, 1.54) is 9.75 Å². The monoisotopic (exact) mass is 410 g/mol. The number of nitrogens with zero attached hydrogens (tertiary/aromatic N) is 2. The van der Waals surface area contributed by atoms with E-state index in [2.05, 4.69) is 29.9 Å². The fourth-order valence-electron chi connectivity index (χ4n) is 3.91. The molecule has 0 atom stereocenters. The van der Waals surface area contributed by atoms with Crippen LogP contribution in [0.5, 0.6) is 11.5 Å². The molecule has 3 heterocycles. The van der Waals surface area contributed by atoms with Crippen LogP contribution in [0.3, 0.4) is 0 Å². The standard InChI is InChI=1S/C23H26N2O3S/c1-3-10-24-11-8-18(9-12-24)23(26)25(16-20-6-4-17(2)29-20)19-5-7-21-22(15-19)28-14-13-27-21/h1,4-7,15,18H,8-14,16H2,2H3. The largest absolute Gasteiger partial charge is 0.486 e. The minimum Gasteiger partial charge on any atom is -0.486 e. The molecule has 4 rings (SSSR count). The molecule has 1 fully saturated rings. The molecular weight excluding hydrogens is 384 g/mol. The highest BCUT2D eigenvalue weighted by molar-refractivity contribution is 7.11. The second-order valence-corrected chi connectivity index (χ2v) is 8.89. The van der Waals surface area contributed by atoms with Crippen LogP contribution in [0.1, 0.15) is 22.6 Å². The Balaban J connectivity index is 1.57. The summed E-state index contributed by atoms with van der Waals surface area (Å²) in [6.07, 6.45) is 7.11. The van der Waals surface area contributed by atoms with Crippen LogP contribution in [-0.4, -0.2) is 43.7 Å². The molecule has 0 bridgehead atoms. The second-order valence-electron chi connectivity index (χ2n) is 7.52. The average Bonchev–Trinajstić information content (AvgIpc) is 3.17. The van der Waals surface area contributed by atoms with Crippen LogP contribution in [0, 0.1) is 25.2 Å². The summed E-state index contributed by atoms with van der Waals surface area (Å²) in [6, 6.07) is 10.00. The van der Waals surface area contributed by atoms with Crippen LogP contribution in [0.2, 0.25) is 0 Å². The molecule has 2 aliphatic rings. The van der Waals surface area contributed by atoms with Crippen molar-refractivity contribution in [1.82, 2.24) is 4.90 Å². The Labute approximate surface area is 176 Å². The van der Waals surface area contributed by atoms with E-state index in [-0.39, 0.29) is 11.8 Å². The molecule has 2 aliphatic heterocycles. The highest BCUT2D eigenvalue weighted by Gasteiger charge is 2.30. The quantitative estimate of drug-likeness (QED) is 0.705. The summed E-state index contributed by atoms with van der Waals surface area (Å²) in [5.41, 5.74) is 0.858. The number of carbonyl (C=O) groups excluding carboxylic acids is 1. The Morgan fingerprint density at radius 3 is 2.66 bits per heavy atom. The number of piperidine rings is 1. The van der Waals surface area contributed by atoms with E-state index in [4.69, 9.17) is 15.9 Å². The second kappa shape index (κ2) is 8.89. The highest BCUT2D eigenvalue weighted by Crippen LogP contribution is 2.36. The van der Waals surface area contributed by atoms with Crippen molar-refractivity contribution in [2.45, 2.75) is 26.3 Å². The number of anilines is 1. The molecule has 0 N–H and O–H groups in total. The number of aryl methyl sites for hydroxylation is 1. The van der Waals surface area contributed by atoms with Crippen molar-refractivity contribution in [3.63, 3.8) is 0 Å². The molecule has 29 heavy (non-hydrogen) atoms. The van der Waals surface area contributed by atoms with Gasteiger partial charge in [0, 0.05) is 27.4 Å². The summed E-state index contributed by atoms with van der Waals surface area (Å²) < 4.78 is 11.4. The van der Waals surface area contributed by atoms with Gasteiger partial charge in [0.25, 0.3) is 0 Å². The van der Waals surface area contributed by atoms with Gasteiger partial charge in [-0.2, -0.15) is 0 Å². The predicted molar refractivity (Wildman–Crippen MR) is 116 cm³/mol. The third-order valence-electron chi connectivity index (χ3n) is 5.47.